The topological polar surface area (TPSA) is 32.3 Å². The summed E-state index contributed by atoms with van der Waals surface area (Å²) in [4.78, 5) is 14.0. The van der Waals surface area contributed by atoms with Gasteiger partial charge in [0.2, 0.25) is 5.91 Å². The van der Waals surface area contributed by atoms with Gasteiger partial charge in [-0.15, -0.1) is 12.4 Å². The lowest BCUT2D eigenvalue weighted by Gasteiger charge is -2.17. The summed E-state index contributed by atoms with van der Waals surface area (Å²) in [5.41, 5.74) is 0.854. The summed E-state index contributed by atoms with van der Waals surface area (Å²) in [7, 11) is 0. The molecule has 21 heavy (non-hydrogen) atoms. The molecule has 1 rings (SSSR count). The quantitative estimate of drug-likeness (QED) is 0.583. The largest absolute Gasteiger partial charge is 0.353 e. The Morgan fingerprint density at radius 2 is 1.95 bits per heavy atom. The molecule has 0 radical (unpaired) electrons. The molecule has 0 aromatic heterocycles. The van der Waals surface area contributed by atoms with Gasteiger partial charge in [-0.1, -0.05) is 43.6 Å². The molecular weight excluding hydrogens is 307 g/mol. The monoisotopic (exact) mass is 330 g/mol. The van der Waals surface area contributed by atoms with Crippen molar-refractivity contribution < 1.29 is 4.79 Å². The Bertz CT molecular complexity index is 446. The van der Waals surface area contributed by atoms with Gasteiger partial charge in [-0.3, -0.25) is 4.79 Å². The van der Waals surface area contributed by atoms with Gasteiger partial charge >= 0.3 is 0 Å². The van der Waals surface area contributed by atoms with E-state index in [1.807, 2.05) is 24.3 Å². The third-order valence-corrected chi connectivity index (χ3v) is 3.51. The molecule has 0 saturated heterocycles. The highest BCUT2D eigenvalue weighted by molar-refractivity contribution is 6.32. The van der Waals surface area contributed by atoms with Crippen LogP contribution in [0.2, 0.25) is 5.02 Å². The van der Waals surface area contributed by atoms with Gasteiger partial charge in [-0.05, 0) is 43.8 Å². The van der Waals surface area contributed by atoms with Crippen molar-refractivity contribution in [2.75, 3.05) is 26.2 Å². The van der Waals surface area contributed by atoms with Crippen molar-refractivity contribution in [2.24, 2.45) is 0 Å². The van der Waals surface area contributed by atoms with Crippen LogP contribution in [-0.4, -0.2) is 37.0 Å². The van der Waals surface area contributed by atoms with E-state index < -0.39 is 0 Å². The summed E-state index contributed by atoms with van der Waals surface area (Å²) in [6.07, 6.45) is 4.23. The molecule has 0 unspecified atom stereocenters. The number of nitrogens with one attached hydrogen (secondary N) is 1. The summed E-state index contributed by atoms with van der Waals surface area (Å²) in [6, 6.07) is 7.45. The van der Waals surface area contributed by atoms with Crippen LogP contribution in [0.3, 0.4) is 0 Å². The molecule has 0 aliphatic rings. The van der Waals surface area contributed by atoms with Crippen molar-refractivity contribution >= 4 is 36.0 Å². The number of rotatable bonds is 8. The maximum Gasteiger partial charge on any atom is 0.244 e. The van der Waals surface area contributed by atoms with Gasteiger partial charge in [-0.25, -0.2) is 0 Å². The molecule has 0 aliphatic heterocycles. The number of hydrogen-bond acceptors (Lipinski definition) is 2. The molecule has 0 aliphatic carbocycles. The molecule has 1 N–H and O–H groups in total. The van der Waals surface area contributed by atoms with Gasteiger partial charge in [0.05, 0.1) is 0 Å². The third-order valence-electron chi connectivity index (χ3n) is 3.16. The summed E-state index contributed by atoms with van der Waals surface area (Å²) < 4.78 is 0. The molecule has 0 spiro atoms. The normalized spacial score (nSPS) is 10.7. The lowest BCUT2D eigenvalue weighted by molar-refractivity contribution is -0.116. The molecular formula is C16H24Cl2N2O. The number of carbonyl (C=O) groups is 1. The molecule has 1 aromatic carbocycles. The van der Waals surface area contributed by atoms with Gasteiger partial charge in [0, 0.05) is 17.6 Å². The number of carbonyl (C=O) groups excluding carboxylic acids is 1. The molecule has 118 valence electrons. The first kappa shape index (κ1) is 20.0. The first-order chi connectivity index (χ1) is 9.67. The van der Waals surface area contributed by atoms with E-state index in [0.717, 1.165) is 31.6 Å². The van der Waals surface area contributed by atoms with Gasteiger partial charge < -0.3 is 10.2 Å². The highest BCUT2D eigenvalue weighted by Gasteiger charge is 2.00. The van der Waals surface area contributed by atoms with E-state index in [1.54, 1.807) is 6.08 Å². The highest BCUT2D eigenvalue weighted by atomic mass is 35.5. The van der Waals surface area contributed by atoms with Crippen molar-refractivity contribution in [2.45, 2.75) is 20.3 Å². The van der Waals surface area contributed by atoms with Crippen molar-refractivity contribution in [3.05, 3.63) is 40.9 Å². The molecule has 3 nitrogen and oxygen atoms in total. The Morgan fingerprint density at radius 3 is 2.57 bits per heavy atom. The zero-order valence-electron chi connectivity index (χ0n) is 12.6. The third kappa shape index (κ3) is 8.10. The zero-order chi connectivity index (χ0) is 14.8. The van der Waals surface area contributed by atoms with E-state index in [9.17, 15) is 4.79 Å². The van der Waals surface area contributed by atoms with E-state index >= 15 is 0 Å². The maximum atomic E-state index is 11.7. The van der Waals surface area contributed by atoms with Crippen molar-refractivity contribution in [1.82, 2.24) is 10.2 Å². The molecule has 0 saturated carbocycles. The molecule has 0 atom stereocenters. The highest BCUT2D eigenvalue weighted by Crippen LogP contribution is 2.15. The second-order valence-electron chi connectivity index (χ2n) is 4.53. The van der Waals surface area contributed by atoms with Crippen LogP contribution in [0.5, 0.6) is 0 Å². The predicted molar refractivity (Wildman–Crippen MR) is 93.1 cm³/mol. The van der Waals surface area contributed by atoms with Crippen molar-refractivity contribution in [3.8, 4) is 0 Å². The van der Waals surface area contributed by atoms with Crippen LogP contribution in [0.25, 0.3) is 6.08 Å². The summed E-state index contributed by atoms with van der Waals surface area (Å²) in [5, 5.41) is 3.53. The Balaban J connectivity index is 0.00000400. The fourth-order valence-corrected chi connectivity index (χ4v) is 2.09. The summed E-state index contributed by atoms with van der Waals surface area (Å²) >= 11 is 6.01. The predicted octanol–water partition coefficient (Wildman–Crippen LogP) is 3.62. The molecule has 5 heteroatoms. The Labute approximate surface area is 138 Å². The first-order valence-electron chi connectivity index (χ1n) is 7.10. The summed E-state index contributed by atoms with van der Waals surface area (Å²) in [5.74, 6) is -0.0792. The summed E-state index contributed by atoms with van der Waals surface area (Å²) in [6.45, 7) is 8.11. The van der Waals surface area contributed by atoms with Crippen LogP contribution in [0.15, 0.2) is 30.3 Å². The second-order valence-corrected chi connectivity index (χ2v) is 4.93. The van der Waals surface area contributed by atoms with E-state index in [4.69, 9.17) is 11.6 Å². The fraction of sp³-hybridized carbons (Fsp3) is 0.438. The van der Waals surface area contributed by atoms with Gasteiger partial charge in [0.25, 0.3) is 0 Å². The van der Waals surface area contributed by atoms with Crippen LogP contribution in [-0.2, 0) is 4.79 Å². The fourth-order valence-electron chi connectivity index (χ4n) is 1.89. The number of benzene rings is 1. The van der Waals surface area contributed by atoms with Crippen LogP contribution in [0.4, 0.5) is 0 Å². The van der Waals surface area contributed by atoms with E-state index in [1.165, 1.54) is 6.08 Å². The Kier molecular flexibility index (Phi) is 11.0. The average molecular weight is 331 g/mol. The van der Waals surface area contributed by atoms with Crippen LogP contribution in [0, 0.1) is 0 Å². The lowest BCUT2D eigenvalue weighted by atomic mass is 10.2. The van der Waals surface area contributed by atoms with Crippen LogP contribution >= 0.6 is 24.0 Å². The van der Waals surface area contributed by atoms with Crippen molar-refractivity contribution in [1.29, 1.82) is 0 Å². The zero-order valence-corrected chi connectivity index (χ0v) is 14.2. The molecule has 0 heterocycles. The van der Waals surface area contributed by atoms with E-state index in [2.05, 4.69) is 24.1 Å². The Hall–Kier alpha value is -1.03. The first-order valence-corrected chi connectivity index (χ1v) is 7.48. The molecule has 0 bridgehead atoms. The number of hydrogen-bond donors (Lipinski definition) is 1. The molecule has 0 fully saturated rings. The van der Waals surface area contributed by atoms with Gasteiger partial charge in [-0.2, -0.15) is 0 Å². The van der Waals surface area contributed by atoms with Crippen LogP contribution in [0.1, 0.15) is 25.8 Å². The second kappa shape index (κ2) is 11.6. The van der Waals surface area contributed by atoms with E-state index in [0.29, 0.717) is 11.6 Å². The SMILES string of the molecule is CCN(CC)CCCNC(=O)C=Cc1ccccc1Cl.Cl. The lowest BCUT2D eigenvalue weighted by Crippen LogP contribution is -2.29. The maximum absolute atomic E-state index is 11.7. The number of halogens is 2. The smallest absolute Gasteiger partial charge is 0.244 e. The number of amides is 1. The minimum absolute atomic E-state index is 0. The number of nitrogens with zero attached hydrogens (tertiary/aromatic N) is 1. The van der Waals surface area contributed by atoms with Gasteiger partial charge in [0.15, 0.2) is 0 Å². The van der Waals surface area contributed by atoms with E-state index in [-0.39, 0.29) is 18.3 Å². The van der Waals surface area contributed by atoms with Crippen LogP contribution < -0.4 is 5.32 Å². The minimum atomic E-state index is -0.0792. The Morgan fingerprint density at radius 1 is 1.29 bits per heavy atom. The van der Waals surface area contributed by atoms with Gasteiger partial charge in [0.1, 0.15) is 0 Å². The minimum Gasteiger partial charge on any atom is -0.353 e. The average Bonchev–Trinajstić information content (AvgIpc) is 2.46. The molecule has 1 amide bonds. The standard InChI is InChI=1S/C16H23ClN2O.ClH/c1-3-19(4-2)13-7-12-18-16(20)11-10-14-8-5-6-9-15(14)17;/h5-6,8-11H,3-4,7,12-13H2,1-2H3,(H,18,20);1H. The molecule has 1 aromatic rings. The van der Waals surface area contributed by atoms with Crippen molar-refractivity contribution in [3.63, 3.8) is 0 Å².